The fraction of sp³-hybridized carbons (Fsp3) is 1.00. The van der Waals surface area contributed by atoms with Crippen molar-refractivity contribution in [1.82, 2.24) is 5.32 Å². The summed E-state index contributed by atoms with van der Waals surface area (Å²) in [6.45, 7) is 3.86. The minimum atomic E-state index is -0.144. The minimum absolute atomic E-state index is 0.144. The van der Waals surface area contributed by atoms with E-state index in [0.29, 0.717) is 0 Å². The van der Waals surface area contributed by atoms with E-state index in [2.05, 4.69) is 5.32 Å². The molecule has 1 saturated carbocycles. The fourth-order valence-corrected chi connectivity index (χ4v) is 1.13. The van der Waals surface area contributed by atoms with Crippen LogP contribution < -0.4 is 5.32 Å². The summed E-state index contributed by atoms with van der Waals surface area (Å²) in [5.74, 6) is 1.00. The van der Waals surface area contributed by atoms with Crippen molar-refractivity contribution in [2.24, 2.45) is 5.92 Å². The average Bonchev–Trinajstić information content (AvgIpc) is 2.81. The predicted molar refractivity (Wildman–Crippen MR) is 46.5 cm³/mol. The van der Waals surface area contributed by atoms with Gasteiger partial charge < -0.3 is 10.4 Å². The molecule has 0 amide bonds. The Morgan fingerprint density at radius 3 is 2.82 bits per heavy atom. The molecule has 0 aliphatic heterocycles. The Morgan fingerprint density at radius 2 is 2.27 bits per heavy atom. The van der Waals surface area contributed by atoms with Crippen molar-refractivity contribution in [2.75, 3.05) is 13.1 Å². The molecule has 1 aliphatic rings. The van der Waals surface area contributed by atoms with Gasteiger partial charge in [0.25, 0.3) is 0 Å². The molecule has 2 N–H and O–H groups in total. The molecule has 0 radical (unpaired) electrons. The SMILES string of the molecule is CCC(O)CNCCC1CC1. The molecule has 0 aromatic rings. The van der Waals surface area contributed by atoms with Gasteiger partial charge in [0.05, 0.1) is 6.10 Å². The van der Waals surface area contributed by atoms with Crippen molar-refractivity contribution < 1.29 is 5.11 Å². The van der Waals surface area contributed by atoms with E-state index in [-0.39, 0.29) is 6.10 Å². The van der Waals surface area contributed by atoms with Crippen LogP contribution in [0.3, 0.4) is 0 Å². The average molecular weight is 157 g/mol. The molecular weight excluding hydrogens is 138 g/mol. The highest BCUT2D eigenvalue weighted by Gasteiger charge is 2.19. The third-order valence-corrected chi connectivity index (χ3v) is 2.28. The van der Waals surface area contributed by atoms with Gasteiger partial charge in [-0.25, -0.2) is 0 Å². The Balaban J connectivity index is 1.79. The molecule has 2 heteroatoms. The second-order valence-corrected chi connectivity index (χ2v) is 3.50. The van der Waals surface area contributed by atoms with Gasteiger partial charge in [0.15, 0.2) is 0 Å². The van der Waals surface area contributed by atoms with E-state index < -0.39 is 0 Å². The lowest BCUT2D eigenvalue weighted by molar-refractivity contribution is 0.167. The van der Waals surface area contributed by atoms with E-state index in [1.54, 1.807) is 0 Å². The van der Waals surface area contributed by atoms with E-state index >= 15 is 0 Å². The van der Waals surface area contributed by atoms with Crippen molar-refractivity contribution in [1.29, 1.82) is 0 Å². The van der Waals surface area contributed by atoms with Gasteiger partial charge in [0, 0.05) is 6.54 Å². The molecule has 0 spiro atoms. The van der Waals surface area contributed by atoms with Crippen molar-refractivity contribution in [2.45, 2.75) is 38.7 Å². The number of hydrogen-bond acceptors (Lipinski definition) is 2. The first-order valence-corrected chi connectivity index (χ1v) is 4.71. The van der Waals surface area contributed by atoms with Crippen LogP contribution in [-0.2, 0) is 0 Å². The molecule has 1 fully saturated rings. The van der Waals surface area contributed by atoms with Crippen LogP contribution in [0.1, 0.15) is 32.6 Å². The second kappa shape index (κ2) is 4.73. The van der Waals surface area contributed by atoms with Gasteiger partial charge in [-0.05, 0) is 25.3 Å². The summed E-state index contributed by atoms with van der Waals surface area (Å²) in [6, 6.07) is 0. The zero-order chi connectivity index (χ0) is 8.10. The second-order valence-electron chi connectivity index (χ2n) is 3.50. The summed E-state index contributed by atoms with van der Waals surface area (Å²) in [5, 5.41) is 12.4. The third kappa shape index (κ3) is 4.38. The Labute approximate surface area is 69.0 Å². The Bertz CT molecular complexity index is 102. The van der Waals surface area contributed by atoms with Crippen molar-refractivity contribution in [3.05, 3.63) is 0 Å². The van der Waals surface area contributed by atoms with Gasteiger partial charge in [-0.2, -0.15) is 0 Å². The first kappa shape index (κ1) is 9.01. The summed E-state index contributed by atoms with van der Waals surface area (Å²) in [7, 11) is 0. The van der Waals surface area contributed by atoms with Crippen LogP contribution in [0.5, 0.6) is 0 Å². The standard InChI is InChI=1S/C9H19NO/c1-2-9(11)7-10-6-5-8-3-4-8/h8-11H,2-7H2,1H3. The Hall–Kier alpha value is -0.0800. The van der Waals surface area contributed by atoms with E-state index in [1.807, 2.05) is 6.92 Å². The minimum Gasteiger partial charge on any atom is -0.392 e. The third-order valence-electron chi connectivity index (χ3n) is 2.28. The van der Waals surface area contributed by atoms with Gasteiger partial charge >= 0.3 is 0 Å². The van der Waals surface area contributed by atoms with Gasteiger partial charge in [-0.3, -0.25) is 0 Å². The number of hydrogen-bond donors (Lipinski definition) is 2. The van der Waals surface area contributed by atoms with Crippen LogP contribution in [0.2, 0.25) is 0 Å². The zero-order valence-electron chi connectivity index (χ0n) is 7.34. The molecule has 1 aliphatic carbocycles. The van der Waals surface area contributed by atoms with E-state index in [1.165, 1.54) is 19.3 Å². The molecule has 0 aromatic heterocycles. The lowest BCUT2D eigenvalue weighted by atomic mass is 10.2. The maximum atomic E-state index is 9.18. The summed E-state index contributed by atoms with van der Waals surface area (Å²) in [6.07, 6.45) is 4.87. The molecule has 0 aromatic carbocycles. The molecule has 0 bridgehead atoms. The summed E-state index contributed by atoms with van der Waals surface area (Å²) in [5.41, 5.74) is 0. The number of aliphatic hydroxyl groups excluding tert-OH is 1. The van der Waals surface area contributed by atoms with Crippen LogP contribution >= 0.6 is 0 Å². The molecule has 1 rings (SSSR count). The molecule has 0 heterocycles. The topological polar surface area (TPSA) is 32.3 Å². The molecule has 66 valence electrons. The van der Waals surface area contributed by atoms with Gasteiger partial charge in [-0.1, -0.05) is 19.8 Å². The summed E-state index contributed by atoms with van der Waals surface area (Å²) in [4.78, 5) is 0. The largest absolute Gasteiger partial charge is 0.392 e. The van der Waals surface area contributed by atoms with Gasteiger partial charge in [-0.15, -0.1) is 0 Å². The fourth-order valence-electron chi connectivity index (χ4n) is 1.13. The monoisotopic (exact) mass is 157 g/mol. The maximum absolute atomic E-state index is 9.18. The van der Waals surface area contributed by atoms with Crippen LogP contribution in [0.25, 0.3) is 0 Å². The summed E-state index contributed by atoms with van der Waals surface area (Å²) < 4.78 is 0. The highest BCUT2D eigenvalue weighted by atomic mass is 16.3. The van der Waals surface area contributed by atoms with Crippen molar-refractivity contribution >= 4 is 0 Å². The number of aliphatic hydroxyl groups is 1. The molecular formula is C9H19NO. The summed E-state index contributed by atoms with van der Waals surface area (Å²) >= 11 is 0. The van der Waals surface area contributed by atoms with Crippen LogP contribution in [0.15, 0.2) is 0 Å². The van der Waals surface area contributed by atoms with Gasteiger partial charge in [0.1, 0.15) is 0 Å². The molecule has 0 saturated heterocycles. The van der Waals surface area contributed by atoms with Crippen LogP contribution in [0.4, 0.5) is 0 Å². The lowest BCUT2D eigenvalue weighted by Crippen LogP contribution is -2.27. The quantitative estimate of drug-likeness (QED) is 0.567. The highest BCUT2D eigenvalue weighted by molar-refractivity contribution is 4.73. The number of nitrogens with one attached hydrogen (secondary N) is 1. The molecule has 1 atom stereocenters. The van der Waals surface area contributed by atoms with Crippen molar-refractivity contribution in [3.8, 4) is 0 Å². The highest BCUT2D eigenvalue weighted by Crippen LogP contribution is 2.31. The molecule has 2 nitrogen and oxygen atoms in total. The zero-order valence-corrected chi connectivity index (χ0v) is 7.34. The lowest BCUT2D eigenvalue weighted by Gasteiger charge is -2.08. The van der Waals surface area contributed by atoms with E-state index in [4.69, 9.17) is 0 Å². The van der Waals surface area contributed by atoms with E-state index in [0.717, 1.165) is 25.4 Å². The first-order chi connectivity index (χ1) is 5.33. The number of rotatable bonds is 6. The first-order valence-electron chi connectivity index (χ1n) is 4.71. The Morgan fingerprint density at radius 1 is 1.55 bits per heavy atom. The molecule has 11 heavy (non-hydrogen) atoms. The van der Waals surface area contributed by atoms with Gasteiger partial charge in [0.2, 0.25) is 0 Å². The Kier molecular flexibility index (Phi) is 3.87. The van der Waals surface area contributed by atoms with E-state index in [9.17, 15) is 5.11 Å². The molecule has 1 unspecified atom stereocenters. The van der Waals surface area contributed by atoms with Crippen LogP contribution in [-0.4, -0.2) is 24.3 Å². The van der Waals surface area contributed by atoms with Crippen LogP contribution in [0, 0.1) is 5.92 Å². The normalized spacial score (nSPS) is 20.2. The van der Waals surface area contributed by atoms with Crippen molar-refractivity contribution in [3.63, 3.8) is 0 Å². The smallest absolute Gasteiger partial charge is 0.0662 e. The maximum Gasteiger partial charge on any atom is 0.0662 e. The predicted octanol–water partition coefficient (Wildman–Crippen LogP) is 1.15.